The topological polar surface area (TPSA) is 21.7 Å². The number of benzene rings is 1. The van der Waals surface area contributed by atoms with E-state index in [9.17, 15) is 0 Å². The lowest BCUT2D eigenvalue weighted by atomic mass is 10.1. The van der Waals surface area contributed by atoms with Gasteiger partial charge in [-0.2, -0.15) is 0 Å². The molecule has 3 heteroatoms. The zero-order valence-electron chi connectivity index (χ0n) is 10.1. The van der Waals surface area contributed by atoms with E-state index in [0.717, 1.165) is 12.1 Å². The molecule has 1 aliphatic rings. The number of rotatable bonds is 3. The lowest BCUT2D eigenvalue weighted by Gasteiger charge is -2.24. The standard InChI is InChI=1S/C13H19NO2/c1-13(11-7-5-4-6-8-11)15-10-12(16-13)9-14(2)3/h4-8,12H,9-10H2,1-3H3/t12-,13+/m1/s1. The Kier molecular flexibility index (Phi) is 3.28. The fraction of sp³-hybridized carbons (Fsp3) is 0.538. The molecule has 3 nitrogen and oxygen atoms in total. The maximum atomic E-state index is 5.98. The second-order valence-corrected chi connectivity index (χ2v) is 4.62. The van der Waals surface area contributed by atoms with Gasteiger partial charge < -0.3 is 14.4 Å². The van der Waals surface area contributed by atoms with Gasteiger partial charge in [-0.1, -0.05) is 30.3 Å². The summed E-state index contributed by atoms with van der Waals surface area (Å²) in [6.45, 7) is 3.53. The largest absolute Gasteiger partial charge is 0.343 e. The highest BCUT2D eigenvalue weighted by molar-refractivity contribution is 5.20. The fourth-order valence-corrected chi connectivity index (χ4v) is 2.03. The number of nitrogens with zero attached hydrogens (tertiary/aromatic N) is 1. The molecular weight excluding hydrogens is 202 g/mol. The Morgan fingerprint density at radius 3 is 2.62 bits per heavy atom. The Balaban J connectivity index is 2.06. The predicted octanol–water partition coefficient (Wildman–Crippen LogP) is 1.84. The van der Waals surface area contributed by atoms with Crippen LogP contribution < -0.4 is 0 Å². The Morgan fingerprint density at radius 2 is 2.00 bits per heavy atom. The van der Waals surface area contributed by atoms with Crippen LogP contribution in [0.5, 0.6) is 0 Å². The van der Waals surface area contributed by atoms with Crippen LogP contribution >= 0.6 is 0 Å². The van der Waals surface area contributed by atoms with Gasteiger partial charge in [0.1, 0.15) is 0 Å². The molecule has 0 amide bonds. The molecule has 1 fully saturated rings. The third kappa shape index (κ3) is 2.43. The van der Waals surface area contributed by atoms with Crippen molar-refractivity contribution in [3.63, 3.8) is 0 Å². The van der Waals surface area contributed by atoms with E-state index in [1.54, 1.807) is 0 Å². The molecule has 0 spiro atoms. The molecule has 0 aliphatic carbocycles. The molecule has 2 atom stereocenters. The molecule has 88 valence electrons. The predicted molar refractivity (Wildman–Crippen MR) is 63.2 cm³/mol. The van der Waals surface area contributed by atoms with Gasteiger partial charge in [-0.05, 0) is 21.0 Å². The number of hydrogen-bond donors (Lipinski definition) is 0. The molecule has 0 saturated carbocycles. The van der Waals surface area contributed by atoms with Crippen molar-refractivity contribution in [3.8, 4) is 0 Å². The monoisotopic (exact) mass is 221 g/mol. The lowest BCUT2D eigenvalue weighted by Crippen LogP contribution is -2.30. The van der Waals surface area contributed by atoms with E-state index in [1.807, 2.05) is 51.4 Å². The van der Waals surface area contributed by atoms with Gasteiger partial charge in [0.25, 0.3) is 0 Å². The van der Waals surface area contributed by atoms with Crippen LogP contribution in [-0.2, 0) is 15.3 Å². The second-order valence-electron chi connectivity index (χ2n) is 4.62. The van der Waals surface area contributed by atoms with Crippen LogP contribution in [0.15, 0.2) is 30.3 Å². The van der Waals surface area contributed by atoms with Gasteiger partial charge in [-0.15, -0.1) is 0 Å². The minimum Gasteiger partial charge on any atom is -0.343 e. The summed E-state index contributed by atoms with van der Waals surface area (Å²) in [6, 6.07) is 10.1. The molecule has 1 aromatic carbocycles. The average Bonchev–Trinajstić information content (AvgIpc) is 2.62. The quantitative estimate of drug-likeness (QED) is 0.777. The van der Waals surface area contributed by atoms with E-state index in [2.05, 4.69) is 4.90 Å². The molecule has 0 unspecified atom stereocenters. The number of hydrogen-bond acceptors (Lipinski definition) is 3. The van der Waals surface area contributed by atoms with Gasteiger partial charge in [0.05, 0.1) is 12.7 Å². The minimum atomic E-state index is -0.581. The Labute approximate surface area is 97.0 Å². The SMILES string of the molecule is CN(C)C[C@@H]1CO[C@](C)(c2ccccc2)O1. The highest BCUT2D eigenvalue weighted by atomic mass is 16.7. The normalized spacial score (nSPS) is 29.9. The maximum Gasteiger partial charge on any atom is 0.192 e. The Hall–Kier alpha value is -0.900. The van der Waals surface area contributed by atoms with Crippen LogP contribution in [0.3, 0.4) is 0 Å². The molecule has 0 N–H and O–H groups in total. The van der Waals surface area contributed by atoms with Crippen molar-refractivity contribution in [1.29, 1.82) is 0 Å². The summed E-state index contributed by atoms with van der Waals surface area (Å²) in [5.74, 6) is -0.581. The number of likely N-dealkylation sites (N-methyl/N-ethyl adjacent to an activating group) is 1. The van der Waals surface area contributed by atoms with Gasteiger partial charge in [0.2, 0.25) is 0 Å². The lowest BCUT2D eigenvalue weighted by molar-refractivity contribution is -0.162. The Morgan fingerprint density at radius 1 is 1.31 bits per heavy atom. The van der Waals surface area contributed by atoms with E-state index < -0.39 is 5.79 Å². The van der Waals surface area contributed by atoms with E-state index in [0.29, 0.717) is 6.61 Å². The van der Waals surface area contributed by atoms with E-state index in [4.69, 9.17) is 9.47 Å². The van der Waals surface area contributed by atoms with Gasteiger partial charge in [-0.25, -0.2) is 0 Å². The summed E-state index contributed by atoms with van der Waals surface area (Å²) in [5.41, 5.74) is 1.08. The van der Waals surface area contributed by atoms with Crippen LogP contribution in [0.1, 0.15) is 12.5 Å². The summed E-state index contributed by atoms with van der Waals surface area (Å²) in [7, 11) is 4.09. The van der Waals surface area contributed by atoms with E-state index in [-0.39, 0.29) is 6.10 Å². The first kappa shape index (κ1) is 11.6. The summed E-state index contributed by atoms with van der Waals surface area (Å²) in [5, 5.41) is 0. The van der Waals surface area contributed by atoms with Crippen LogP contribution in [-0.4, -0.2) is 38.3 Å². The smallest absolute Gasteiger partial charge is 0.192 e. The van der Waals surface area contributed by atoms with Crippen LogP contribution in [0.2, 0.25) is 0 Å². The van der Waals surface area contributed by atoms with Crippen molar-refractivity contribution >= 4 is 0 Å². The summed E-state index contributed by atoms with van der Waals surface area (Å²) in [4.78, 5) is 2.12. The highest BCUT2D eigenvalue weighted by Crippen LogP contribution is 2.33. The van der Waals surface area contributed by atoms with Gasteiger partial charge >= 0.3 is 0 Å². The minimum absolute atomic E-state index is 0.153. The zero-order valence-corrected chi connectivity index (χ0v) is 10.1. The molecule has 16 heavy (non-hydrogen) atoms. The second kappa shape index (κ2) is 4.53. The summed E-state index contributed by atoms with van der Waals surface area (Å²) in [6.07, 6.45) is 0.153. The first-order chi connectivity index (χ1) is 7.60. The van der Waals surface area contributed by atoms with E-state index in [1.165, 1.54) is 0 Å². The molecule has 1 heterocycles. The molecule has 0 aromatic heterocycles. The summed E-state index contributed by atoms with van der Waals surface area (Å²) < 4.78 is 11.8. The zero-order chi connectivity index (χ0) is 11.6. The van der Waals surface area contributed by atoms with Crippen molar-refractivity contribution < 1.29 is 9.47 Å². The first-order valence-corrected chi connectivity index (χ1v) is 5.62. The summed E-state index contributed by atoms with van der Waals surface area (Å²) >= 11 is 0. The first-order valence-electron chi connectivity index (χ1n) is 5.62. The third-order valence-electron chi connectivity index (χ3n) is 2.80. The maximum absolute atomic E-state index is 5.98. The van der Waals surface area contributed by atoms with Crippen molar-refractivity contribution in [2.75, 3.05) is 27.2 Å². The molecule has 0 radical (unpaired) electrons. The van der Waals surface area contributed by atoms with Crippen LogP contribution in [0.4, 0.5) is 0 Å². The van der Waals surface area contributed by atoms with Gasteiger partial charge in [-0.3, -0.25) is 0 Å². The molecule has 2 rings (SSSR count). The molecule has 1 aromatic rings. The van der Waals surface area contributed by atoms with Crippen molar-refractivity contribution in [1.82, 2.24) is 4.90 Å². The molecule has 1 aliphatic heterocycles. The van der Waals surface area contributed by atoms with Crippen molar-refractivity contribution in [2.24, 2.45) is 0 Å². The highest BCUT2D eigenvalue weighted by Gasteiger charge is 2.38. The van der Waals surface area contributed by atoms with Crippen molar-refractivity contribution in [2.45, 2.75) is 18.8 Å². The molecular formula is C13H19NO2. The molecule has 0 bridgehead atoms. The average molecular weight is 221 g/mol. The Bertz CT molecular complexity index is 339. The van der Waals surface area contributed by atoms with E-state index >= 15 is 0 Å². The van der Waals surface area contributed by atoms with Crippen molar-refractivity contribution in [3.05, 3.63) is 35.9 Å². The molecule has 1 saturated heterocycles. The van der Waals surface area contributed by atoms with Crippen LogP contribution in [0, 0.1) is 0 Å². The van der Waals surface area contributed by atoms with Crippen LogP contribution in [0.25, 0.3) is 0 Å². The number of ether oxygens (including phenoxy) is 2. The fourth-order valence-electron chi connectivity index (χ4n) is 2.03. The van der Waals surface area contributed by atoms with Gasteiger partial charge in [0, 0.05) is 12.1 Å². The van der Waals surface area contributed by atoms with Gasteiger partial charge in [0.15, 0.2) is 5.79 Å². The third-order valence-corrected chi connectivity index (χ3v) is 2.80.